The fourth-order valence-electron chi connectivity index (χ4n) is 3.03. The molecule has 0 bridgehead atoms. The molecule has 8 heteroatoms. The molecule has 1 aromatic heterocycles. The highest BCUT2D eigenvalue weighted by atomic mass is 16.6. The summed E-state index contributed by atoms with van der Waals surface area (Å²) >= 11 is 0. The summed E-state index contributed by atoms with van der Waals surface area (Å²) in [5.74, 6) is -0.151. The van der Waals surface area contributed by atoms with Crippen LogP contribution in [-0.2, 0) is 4.79 Å². The average molecular weight is 330 g/mol. The van der Waals surface area contributed by atoms with Gasteiger partial charge in [0.1, 0.15) is 11.6 Å². The molecule has 0 aliphatic carbocycles. The Kier molecular flexibility index (Phi) is 3.96. The summed E-state index contributed by atoms with van der Waals surface area (Å²) in [4.78, 5) is 23.3. The van der Waals surface area contributed by atoms with Crippen LogP contribution in [0, 0.1) is 10.1 Å². The Bertz CT molecular complexity index is 782. The highest BCUT2D eigenvalue weighted by Crippen LogP contribution is 2.39. The van der Waals surface area contributed by atoms with Crippen LogP contribution in [0.1, 0.15) is 36.9 Å². The normalized spacial score (nSPS) is 19.8. The van der Waals surface area contributed by atoms with E-state index in [1.165, 1.54) is 0 Å². The largest absolute Gasteiger partial charge is 0.497 e. The van der Waals surface area contributed by atoms with Crippen molar-refractivity contribution in [2.75, 3.05) is 12.4 Å². The minimum atomic E-state index is -1.39. The lowest BCUT2D eigenvalue weighted by atomic mass is 9.83. The molecule has 24 heavy (non-hydrogen) atoms. The predicted octanol–water partition coefficient (Wildman–Crippen LogP) is 2.20. The van der Waals surface area contributed by atoms with Gasteiger partial charge < -0.3 is 10.1 Å². The number of hydrogen-bond acceptors (Lipinski definition) is 5. The lowest BCUT2D eigenvalue weighted by Crippen LogP contribution is -2.44. The third kappa shape index (κ3) is 2.49. The molecule has 0 saturated carbocycles. The highest BCUT2D eigenvalue weighted by Gasteiger charge is 2.47. The number of fused-ring (bicyclic) bond motifs is 1. The molecule has 1 amide bonds. The molecule has 126 valence electrons. The SMILES string of the molecule is COc1ccc([C@H]2c3cnn(C(C)C)c3NC(=O)[C@@H]2[N+](=O)[O-])cc1. The number of benzene rings is 1. The number of nitrogens with one attached hydrogen (secondary N) is 1. The number of nitro groups is 1. The molecule has 1 aliphatic heterocycles. The summed E-state index contributed by atoms with van der Waals surface area (Å²) in [6.07, 6.45) is 1.60. The Morgan fingerprint density at radius 2 is 2.00 bits per heavy atom. The highest BCUT2D eigenvalue weighted by molar-refractivity contribution is 5.97. The van der Waals surface area contributed by atoms with E-state index in [9.17, 15) is 14.9 Å². The summed E-state index contributed by atoms with van der Waals surface area (Å²) in [5, 5.41) is 18.4. The van der Waals surface area contributed by atoms with Crippen LogP contribution in [0.4, 0.5) is 5.82 Å². The van der Waals surface area contributed by atoms with E-state index in [4.69, 9.17) is 4.74 Å². The lowest BCUT2D eigenvalue weighted by Gasteiger charge is -2.27. The maximum atomic E-state index is 12.4. The number of aromatic nitrogens is 2. The Morgan fingerprint density at radius 3 is 2.54 bits per heavy atom. The Morgan fingerprint density at radius 1 is 1.33 bits per heavy atom. The maximum absolute atomic E-state index is 12.4. The van der Waals surface area contributed by atoms with Gasteiger partial charge in [-0.3, -0.25) is 14.9 Å². The molecule has 0 unspecified atom stereocenters. The van der Waals surface area contributed by atoms with Crippen LogP contribution < -0.4 is 10.1 Å². The fourth-order valence-corrected chi connectivity index (χ4v) is 3.03. The predicted molar refractivity (Wildman–Crippen MR) is 86.9 cm³/mol. The zero-order valence-corrected chi connectivity index (χ0v) is 13.6. The van der Waals surface area contributed by atoms with Gasteiger partial charge in [0.25, 0.3) is 0 Å². The van der Waals surface area contributed by atoms with Gasteiger partial charge in [-0.25, -0.2) is 4.68 Å². The van der Waals surface area contributed by atoms with Crippen molar-refractivity contribution < 1.29 is 14.5 Å². The van der Waals surface area contributed by atoms with Crippen LogP contribution >= 0.6 is 0 Å². The second kappa shape index (κ2) is 5.95. The van der Waals surface area contributed by atoms with E-state index in [1.807, 2.05) is 13.8 Å². The molecule has 1 aliphatic rings. The molecule has 0 fully saturated rings. The molecule has 1 N–H and O–H groups in total. The molecular weight excluding hydrogens is 312 g/mol. The van der Waals surface area contributed by atoms with E-state index < -0.39 is 22.8 Å². The molecule has 2 aromatic rings. The third-order valence-electron chi connectivity index (χ3n) is 4.18. The van der Waals surface area contributed by atoms with Crippen molar-refractivity contribution in [1.29, 1.82) is 0 Å². The minimum Gasteiger partial charge on any atom is -0.497 e. The molecule has 2 heterocycles. The van der Waals surface area contributed by atoms with Crippen molar-refractivity contribution in [2.24, 2.45) is 0 Å². The van der Waals surface area contributed by atoms with Crippen molar-refractivity contribution in [1.82, 2.24) is 9.78 Å². The summed E-state index contributed by atoms with van der Waals surface area (Å²) < 4.78 is 6.79. The summed E-state index contributed by atoms with van der Waals surface area (Å²) in [6, 6.07) is 5.58. The smallest absolute Gasteiger partial charge is 0.301 e. The van der Waals surface area contributed by atoms with Gasteiger partial charge in [0.05, 0.1) is 19.2 Å². The van der Waals surface area contributed by atoms with Crippen LogP contribution in [0.5, 0.6) is 5.75 Å². The first-order valence-electron chi connectivity index (χ1n) is 7.59. The molecule has 0 saturated heterocycles. The molecule has 2 atom stereocenters. The molecule has 3 rings (SSSR count). The van der Waals surface area contributed by atoms with E-state index in [-0.39, 0.29) is 6.04 Å². The van der Waals surface area contributed by atoms with Gasteiger partial charge in [-0.1, -0.05) is 12.1 Å². The molecule has 0 radical (unpaired) electrons. The van der Waals surface area contributed by atoms with Gasteiger partial charge in [0.2, 0.25) is 0 Å². The number of carbonyl (C=O) groups is 1. The third-order valence-corrected chi connectivity index (χ3v) is 4.18. The topological polar surface area (TPSA) is 99.3 Å². The number of ether oxygens (including phenoxy) is 1. The number of anilines is 1. The number of methoxy groups -OCH3 is 1. The van der Waals surface area contributed by atoms with Gasteiger partial charge in [-0.05, 0) is 31.5 Å². The first-order chi connectivity index (χ1) is 11.4. The van der Waals surface area contributed by atoms with Gasteiger partial charge in [0.15, 0.2) is 0 Å². The van der Waals surface area contributed by atoms with E-state index in [2.05, 4.69) is 10.4 Å². The molecule has 0 spiro atoms. The van der Waals surface area contributed by atoms with Gasteiger partial charge >= 0.3 is 11.9 Å². The number of rotatable bonds is 4. The average Bonchev–Trinajstić information content (AvgIpc) is 2.97. The fraction of sp³-hybridized carbons (Fsp3) is 0.375. The van der Waals surface area contributed by atoms with Gasteiger partial charge in [-0.2, -0.15) is 5.10 Å². The van der Waals surface area contributed by atoms with Gasteiger partial charge in [0, 0.05) is 16.5 Å². The Labute approximate surface area is 138 Å². The van der Waals surface area contributed by atoms with Crippen molar-refractivity contribution in [3.05, 3.63) is 51.7 Å². The number of hydrogen-bond donors (Lipinski definition) is 1. The van der Waals surface area contributed by atoms with E-state index >= 15 is 0 Å². The lowest BCUT2D eigenvalue weighted by molar-refractivity contribution is -0.509. The second-order valence-corrected chi connectivity index (χ2v) is 5.96. The molecular formula is C16H18N4O4. The van der Waals surface area contributed by atoms with Crippen molar-refractivity contribution in [2.45, 2.75) is 31.8 Å². The van der Waals surface area contributed by atoms with E-state index in [0.717, 1.165) is 0 Å². The Balaban J connectivity index is 2.15. The van der Waals surface area contributed by atoms with Crippen molar-refractivity contribution in [3.8, 4) is 5.75 Å². The summed E-state index contributed by atoms with van der Waals surface area (Å²) in [5.41, 5.74) is 1.33. The zero-order chi connectivity index (χ0) is 17.4. The standard InChI is InChI=1S/C16H18N4O4/c1-9(2)19-15-12(8-17-19)13(14(20(22)23)16(21)18-15)10-4-6-11(24-3)7-5-10/h4-9,13-14H,1-3H3,(H,18,21)/t13-,14+/m0/s1. The molecule has 1 aromatic carbocycles. The number of carbonyl (C=O) groups excluding carboxylic acids is 1. The number of nitrogens with zero attached hydrogens (tertiary/aromatic N) is 3. The summed E-state index contributed by atoms with van der Waals surface area (Å²) in [7, 11) is 1.55. The van der Waals surface area contributed by atoms with Crippen LogP contribution in [0.2, 0.25) is 0 Å². The van der Waals surface area contributed by atoms with E-state index in [0.29, 0.717) is 22.7 Å². The van der Waals surface area contributed by atoms with Gasteiger partial charge in [-0.15, -0.1) is 0 Å². The second-order valence-electron chi connectivity index (χ2n) is 5.96. The van der Waals surface area contributed by atoms with E-state index in [1.54, 1.807) is 42.3 Å². The number of amides is 1. The van der Waals surface area contributed by atoms with Crippen LogP contribution in [0.15, 0.2) is 30.5 Å². The first kappa shape index (κ1) is 16.0. The van der Waals surface area contributed by atoms with Crippen molar-refractivity contribution in [3.63, 3.8) is 0 Å². The first-order valence-corrected chi connectivity index (χ1v) is 7.59. The quantitative estimate of drug-likeness (QED) is 0.684. The monoisotopic (exact) mass is 330 g/mol. The van der Waals surface area contributed by atoms with Crippen molar-refractivity contribution >= 4 is 11.7 Å². The Hall–Kier alpha value is -2.90. The summed E-state index contributed by atoms with van der Waals surface area (Å²) in [6.45, 7) is 3.86. The zero-order valence-electron chi connectivity index (χ0n) is 13.6. The maximum Gasteiger partial charge on any atom is 0.301 e. The van der Waals surface area contributed by atoms with Crippen LogP contribution in [-0.4, -0.2) is 33.8 Å². The molecule has 8 nitrogen and oxygen atoms in total. The minimum absolute atomic E-state index is 0.0257. The van der Waals surface area contributed by atoms with Crippen LogP contribution in [0.25, 0.3) is 0 Å². The van der Waals surface area contributed by atoms with Crippen LogP contribution in [0.3, 0.4) is 0 Å².